The van der Waals surface area contributed by atoms with Crippen LogP contribution >= 0.6 is 11.3 Å². The van der Waals surface area contributed by atoms with E-state index < -0.39 is 11.9 Å². The molecule has 2 N–H and O–H groups in total. The van der Waals surface area contributed by atoms with E-state index in [0.717, 1.165) is 19.6 Å². The minimum Gasteiger partial charge on any atom is -0.473 e. The number of carbonyl (C=O) groups is 2. The van der Waals surface area contributed by atoms with Gasteiger partial charge in [-0.15, -0.1) is 17.8 Å². The van der Waals surface area contributed by atoms with Crippen LogP contribution in [0.5, 0.6) is 0 Å². The van der Waals surface area contributed by atoms with E-state index in [0.29, 0.717) is 5.41 Å². The molecule has 0 saturated carbocycles. The smallest absolute Gasteiger partial charge is 0.414 e. The van der Waals surface area contributed by atoms with Gasteiger partial charge >= 0.3 is 11.9 Å². The Labute approximate surface area is 121 Å². The zero-order valence-electron chi connectivity index (χ0n) is 11.2. The van der Waals surface area contributed by atoms with Crippen molar-refractivity contribution in [2.24, 2.45) is 0 Å². The van der Waals surface area contributed by atoms with Gasteiger partial charge in [0.2, 0.25) is 0 Å². The average molecular weight is 295 g/mol. The Morgan fingerprint density at radius 2 is 2.15 bits per heavy atom. The van der Waals surface area contributed by atoms with Gasteiger partial charge in [-0.1, -0.05) is 18.9 Å². The molecule has 108 valence electrons. The number of likely N-dealkylation sites (tertiary alicyclic amines) is 1. The number of rotatable bonds is 2. The van der Waals surface area contributed by atoms with Crippen LogP contribution in [-0.4, -0.2) is 46.7 Å². The summed E-state index contributed by atoms with van der Waals surface area (Å²) < 4.78 is 0. The molecule has 0 amide bonds. The number of nitrogens with zero attached hydrogens (tertiary/aromatic N) is 1. The van der Waals surface area contributed by atoms with Crippen LogP contribution in [0, 0.1) is 12.3 Å². The van der Waals surface area contributed by atoms with Crippen molar-refractivity contribution < 1.29 is 19.8 Å². The van der Waals surface area contributed by atoms with Crippen molar-refractivity contribution in [3.63, 3.8) is 0 Å². The van der Waals surface area contributed by atoms with Crippen LogP contribution < -0.4 is 0 Å². The van der Waals surface area contributed by atoms with Crippen LogP contribution in [0.1, 0.15) is 18.2 Å². The van der Waals surface area contributed by atoms with Crippen LogP contribution in [-0.2, 0) is 15.0 Å². The summed E-state index contributed by atoms with van der Waals surface area (Å²) in [5, 5.41) is 16.9. The second-order valence-corrected chi connectivity index (χ2v) is 5.76. The molecule has 1 saturated heterocycles. The van der Waals surface area contributed by atoms with E-state index in [1.54, 1.807) is 0 Å². The van der Waals surface area contributed by atoms with Crippen molar-refractivity contribution in [2.75, 3.05) is 19.6 Å². The largest absolute Gasteiger partial charge is 0.473 e. The van der Waals surface area contributed by atoms with Crippen molar-refractivity contribution >= 4 is 23.3 Å². The predicted octanol–water partition coefficient (Wildman–Crippen LogP) is 1.50. The van der Waals surface area contributed by atoms with Crippen molar-refractivity contribution in [1.82, 2.24) is 4.90 Å². The number of carboxylic acid groups (broad SMARTS) is 2. The Morgan fingerprint density at radius 1 is 1.50 bits per heavy atom. The fourth-order valence-electron chi connectivity index (χ4n) is 2.14. The molecule has 1 atom stereocenters. The van der Waals surface area contributed by atoms with Crippen LogP contribution in [0.3, 0.4) is 0 Å². The molecule has 1 aliphatic heterocycles. The summed E-state index contributed by atoms with van der Waals surface area (Å²) in [6, 6.07) is 4.37. The second kappa shape index (κ2) is 7.08. The van der Waals surface area contributed by atoms with E-state index in [9.17, 15) is 0 Å². The maximum absolute atomic E-state index is 9.10. The fourth-order valence-corrected chi connectivity index (χ4v) is 3.06. The van der Waals surface area contributed by atoms with E-state index in [4.69, 9.17) is 26.2 Å². The zero-order valence-corrected chi connectivity index (χ0v) is 12.0. The molecule has 0 spiro atoms. The van der Waals surface area contributed by atoms with Gasteiger partial charge in [0.1, 0.15) is 0 Å². The lowest BCUT2D eigenvalue weighted by molar-refractivity contribution is -0.159. The Bertz CT molecular complexity index is 494. The molecular weight excluding hydrogens is 278 g/mol. The third-order valence-electron chi connectivity index (χ3n) is 3.17. The van der Waals surface area contributed by atoms with Gasteiger partial charge in [0, 0.05) is 23.4 Å². The molecular formula is C14H17NO4S. The molecule has 1 aliphatic rings. The summed E-state index contributed by atoms with van der Waals surface area (Å²) >= 11 is 1.86. The third-order valence-corrected chi connectivity index (χ3v) is 4.34. The fraction of sp³-hybridized carbons (Fsp3) is 0.429. The molecule has 0 aliphatic carbocycles. The molecule has 2 heterocycles. The van der Waals surface area contributed by atoms with E-state index in [1.807, 2.05) is 11.3 Å². The minimum absolute atomic E-state index is 0.338. The Balaban J connectivity index is 0.000000286. The Morgan fingerprint density at radius 3 is 2.60 bits per heavy atom. The molecule has 5 nitrogen and oxygen atoms in total. The summed E-state index contributed by atoms with van der Waals surface area (Å²) in [6.07, 6.45) is 6.56. The van der Waals surface area contributed by atoms with Gasteiger partial charge in [-0.2, -0.15) is 0 Å². The lowest BCUT2D eigenvalue weighted by Gasteiger charge is -2.22. The minimum atomic E-state index is -1.82. The predicted molar refractivity (Wildman–Crippen MR) is 76.8 cm³/mol. The normalized spacial score (nSPS) is 21.6. The highest BCUT2D eigenvalue weighted by molar-refractivity contribution is 7.10. The van der Waals surface area contributed by atoms with Gasteiger partial charge in [-0.25, -0.2) is 9.59 Å². The summed E-state index contributed by atoms with van der Waals surface area (Å²) in [4.78, 5) is 22.1. The summed E-state index contributed by atoms with van der Waals surface area (Å²) in [5.74, 6) is -0.926. The number of hydrogen-bond donors (Lipinski definition) is 2. The molecule has 1 aromatic heterocycles. The van der Waals surface area contributed by atoms with Gasteiger partial charge < -0.3 is 10.2 Å². The molecule has 1 unspecified atom stereocenters. The van der Waals surface area contributed by atoms with E-state index in [-0.39, 0.29) is 0 Å². The highest BCUT2D eigenvalue weighted by Gasteiger charge is 2.35. The standard InChI is InChI=1S/C12H15NS.C2H2O4/c1-3-7-13-8-6-12(2,10-13)11-5-4-9-14-11;3-1(4)2(5)6/h1,4-5,9H,6-8,10H2,2H3;(H,3,4)(H,5,6). The summed E-state index contributed by atoms with van der Waals surface area (Å²) in [7, 11) is 0. The monoisotopic (exact) mass is 295 g/mol. The van der Waals surface area contributed by atoms with E-state index in [1.165, 1.54) is 11.3 Å². The van der Waals surface area contributed by atoms with Crippen LogP contribution in [0.4, 0.5) is 0 Å². The quantitative estimate of drug-likeness (QED) is 0.638. The highest BCUT2D eigenvalue weighted by Crippen LogP contribution is 2.36. The molecule has 1 aromatic rings. The molecule has 20 heavy (non-hydrogen) atoms. The molecule has 1 fully saturated rings. The van der Waals surface area contributed by atoms with Crippen molar-refractivity contribution in [3.05, 3.63) is 22.4 Å². The van der Waals surface area contributed by atoms with Crippen LogP contribution in [0.15, 0.2) is 17.5 Å². The Kier molecular flexibility index (Phi) is 5.74. The van der Waals surface area contributed by atoms with Crippen molar-refractivity contribution in [1.29, 1.82) is 0 Å². The van der Waals surface area contributed by atoms with Crippen molar-refractivity contribution in [2.45, 2.75) is 18.8 Å². The lowest BCUT2D eigenvalue weighted by Crippen LogP contribution is -2.27. The maximum atomic E-state index is 9.10. The first-order valence-electron chi connectivity index (χ1n) is 6.05. The topological polar surface area (TPSA) is 77.8 Å². The SMILES string of the molecule is C#CCN1CCC(C)(c2cccs2)C1.O=C(O)C(=O)O. The first kappa shape index (κ1) is 16.2. The summed E-state index contributed by atoms with van der Waals surface area (Å²) in [6.45, 7) is 5.38. The molecule has 2 rings (SSSR count). The number of carboxylic acids is 2. The van der Waals surface area contributed by atoms with Crippen LogP contribution in [0.25, 0.3) is 0 Å². The second-order valence-electron chi connectivity index (χ2n) is 4.81. The number of aliphatic carboxylic acids is 2. The van der Waals surface area contributed by atoms with E-state index >= 15 is 0 Å². The van der Waals surface area contributed by atoms with Gasteiger partial charge in [0.25, 0.3) is 0 Å². The zero-order chi connectivity index (χ0) is 15.2. The lowest BCUT2D eigenvalue weighted by atomic mass is 9.88. The first-order chi connectivity index (χ1) is 9.39. The van der Waals surface area contributed by atoms with Crippen LogP contribution in [0.2, 0.25) is 0 Å². The van der Waals surface area contributed by atoms with Crippen molar-refractivity contribution in [3.8, 4) is 12.3 Å². The molecule has 0 bridgehead atoms. The molecule has 0 radical (unpaired) electrons. The third kappa shape index (κ3) is 4.37. The van der Waals surface area contributed by atoms with E-state index in [2.05, 4.69) is 35.3 Å². The molecule has 0 aromatic carbocycles. The van der Waals surface area contributed by atoms with Gasteiger partial charge in [-0.3, -0.25) is 4.90 Å². The van der Waals surface area contributed by atoms with Gasteiger partial charge in [0.15, 0.2) is 0 Å². The number of hydrogen-bond acceptors (Lipinski definition) is 4. The van der Waals surface area contributed by atoms with Gasteiger partial charge in [-0.05, 0) is 17.9 Å². The number of terminal acetylenes is 1. The maximum Gasteiger partial charge on any atom is 0.414 e. The average Bonchev–Trinajstić information content (AvgIpc) is 3.01. The Hall–Kier alpha value is -1.84. The number of thiophene rings is 1. The summed E-state index contributed by atoms with van der Waals surface area (Å²) in [5.41, 5.74) is 0.338. The highest BCUT2D eigenvalue weighted by atomic mass is 32.1. The molecule has 6 heteroatoms. The first-order valence-corrected chi connectivity index (χ1v) is 6.93. The van der Waals surface area contributed by atoms with Gasteiger partial charge in [0.05, 0.1) is 6.54 Å².